The number of amides is 2. The van der Waals surface area contributed by atoms with Crippen molar-refractivity contribution in [1.82, 2.24) is 9.42 Å². The lowest BCUT2D eigenvalue weighted by atomic mass is 9.67. The molecule has 3 aliphatic rings. The Balaban J connectivity index is 1.71. The molecule has 5 rings (SSSR count). The predicted octanol–water partition coefficient (Wildman–Crippen LogP) is 3.93. The lowest BCUT2D eigenvalue weighted by Gasteiger charge is -2.38. The second-order valence-corrected chi connectivity index (χ2v) is 12.7. The summed E-state index contributed by atoms with van der Waals surface area (Å²) in [5, 5.41) is 12.9. The smallest absolute Gasteiger partial charge is 0.284 e. The highest BCUT2D eigenvalue weighted by Gasteiger charge is 2.77. The van der Waals surface area contributed by atoms with Crippen molar-refractivity contribution in [2.45, 2.75) is 63.0 Å². The van der Waals surface area contributed by atoms with Gasteiger partial charge in [-0.25, -0.2) is 5.01 Å². The number of rotatable bonds is 6. The van der Waals surface area contributed by atoms with Gasteiger partial charge in [0.2, 0.25) is 0 Å². The molecule has 8 heteroatoms. The molecule has 7 nitrogen and oxygen atoms in total. The van der Waals surface area contributed by atoms with E-state index in [-0.39, 0.29) is 17.2 Å². The van der Waals surface area contributed by atoms with Crippen LogP contribution in [0.1, 0.15) is 50.7 Å². The SMILES string of the molecule is C=CC[C@](O)(C(=O)N1[C@@H]2C[C@H]3CC[C@]2(C(=O)N1S(=O)(=O)c1ccc(C)cc1)C3(C)C)c1ccccc1. The minimum atomic E-state index is -4.43. The third-order valence-corrected chi connectivity index (χ3v) is 10.6. The predicted molar refractivity (Wildman–Crippen MR) is 135 cm³/mol. The fourth-order valence-corrected chi connectivity index (χ4v) is 8.34. The number of hydrogen-bond donors (Lipinski definition) is 1. The lowest BCUT2D eigenvalue weighted by molar-refractivity contribution is -0.166. The molecule has 1 heterocycles. The first-order valence-corrected chi connectivity index (χ1v) is 13.8. The Bertz CT molecular complexity index is 1340. The van der Waals surface area contributed by atoms with E-state index >= 15 is 0 Å². The molecule has 0 aromatic heterocycles. The molecular weight excluding hydrogens is 476 g/mol. The van der Waals surface area contributed by atoms with Gasteiger partial charge in [-0.15, -0.1) is 11.0 Å². The third kappa shape index (κ3) is 3.03. The number of carbonyl (C=O) groups excluding carboxylic acids is 2. The van der Waals surface area contributed by atoms with E-state index in [1.54, 1.807) is 42.5 Å². The summed E-state index contributed by atoms with van der Waals surface area (Å²) in [6, 6.07) is 14.0. The van der Waals surface area contributed by atoms with Crippen molar-refractivity contribution in [1.29, 1.82) is 0 Å². The standard InChI is InChI=1S/C28H32N2O5S/c1-5-16-28(33,20-9-7-6-8-10-20)25(32)29-23-18-21-15-17-27(23,26(21,3)4)24(31)30(29)36(34,35)22-13-11-19(2)12-14-22/h5-14,21,23,33H,1,15-18H2,2-4H3/t21-,23-,27+,28-/m1/s1. The highest BCUT2D eigenvalue weighted by molar-refractivity contribution is 7.89. The van der Waals surface area contributed by atoms with Gasteiger partial charge in [-0.2, -0.15) is 8.42 Å². The molecule has 2 saturated carbocycles. The summed E-state index contributed by atoms with van der Waals surface area (Å²) in [6.07, 6.45) is 3.10. The minimum absolute atomic E-state index is 0.0741. The van der Waals surface area contributed by atoms with Gasteiger partial charge in [0.1, 0.15) is 0 Å². The Morgan fingerprint density at radius 2 is 1.81 bits per heavy atom. The Labute approximate surface area is 212 Å². The summed E-state index contributed by atoms with van der Waals surface area (Å²) in [7, 11) is -4.43. The van der Waals surface area contributed by atoms with Gasteiger partial charge in [0, 0.05) is 6.42 Å². The molecular formula is C28H32N2O5S. The zero-order valence-electron chi connectivity index (χ0n) is 20.8. The van der Waals surface area contributed by atoms with Gasteiger partial charge >= 0.3 is 0 Å². The Morgan fingerprint density at radius 1 is 1.17 bits per heavy atom. The first-order valence-electron chi connectivity index (χ1n) is 12.3. The van der Waals surface area contributed by atoms with Crippen LogP contribution in [0, 0.1) is 23.7 Å². The van der Waals surface area contributed by atoms with Crippen LogP contribution >= 0.6 is 0 Å². The van der Waals surface area contributed by atoms with Crippen molar-refractivity contribution in [2.75, 3.05) is 0 Å². The largest absolute Gasteiger partial charge is 0.375 e. The van der Waals surface area contributed by atoms with Crippen LogP contribution in [-0.4, -0.2) is 40.8 Å². The molecule has 0 unspecified atom stereocenters. The van der Waals surface area contributed by atoms with Crippen LogP contribution < -0.4 is 0 Å². The summed E-state index contributed by atoms with van der Waals surface area (Å²) in [4.78, 5) is 28.5. The lowest BCUT2D eigenvalue weighted by Crippen LogP contribution is -2.56. The summed E-state index contributed by atoms with van der Waals surface area (Å²) in [6.45, 7) is 9.56. The maximum atomic E-state index is 14.3. The number of carbonyl (C=O) groups is 2. The second-order valence-electron chi connectivity index (χ2n) is 10.9. The molecule has 1 N–H and O–H groups in total. The normalized spacial score (nSPS) is 28.2. The van der Waals surface area contributed by atoms with Crippen molar-refractivity contribution in [3.05, 3.63) is 78.4 Å². The van der Waals surface area contributed by atoms with E-state index in [0.29, 0.717) is 22.8 Å². The van der Waals surface area contributed by atoms with Crippen molar-refractivity contribution >= 4 is 21.8 Å². The molecule has 4 atom stereocenters. The first-order chi connectivity index (χ1) is 16.9. The molecule has 36 heavy (non-hydrogen) atoms. The number of nitrogens with zero attached hydrogens (tertiary/aromatic N) is 2. The number of aryl methyl sites for hydroxylation is 1. The summed E-state index contributed by atoms with van der Waals surface area (Å²) in [5.41, 5.74) is -2.42. The first kappa shape index (κ1) is 24.7. The number of aliphatic hydroxyl groups is 1. The van der Waals surface area contributed by atoms with Crippen LogP contribution in [0.15, 0.2) is 72.1 Å². The van der Waals surface area contributed by atoms with Gasteiger partial charge in [0.05, 0.1) is 16.4 Å². The summed E-state index contributed by atoms with van der Waals surface area (Å²) in [5.74, 6) is -1.24. The van der Waals surface area contributed by atoms with Gasteiger partial charge in [-0.3, -0.25) is 9.59 Å². The molecule has 2 amide bonds. The highest BCUT2D eigenvalue weighted by Crippen LogP contribution is 2.70. The molecule has 2 aromatic rings. The number of benzene rings is 2. The van der Waals surface area contributed by atoms with E-state index in [4.69, 9.17) is 0 Å². The molecule has 2 bridgehead atoms. The average Bonchev–Trinajstić information content (AvgIpc) is 3.37. The maximum absolute atomic E-state index is 14.3. The van der Waals surface area contributed by atoms with Gasteiger partial charge in [-0.05, 0) is 55.2 Å². The van der Waals surface area contributed by atoms with Gasteiger partial charge < -0.3 is 5.11 Å². The van der Waals surface area contributed by atoms with E-state index in [9.17, 15) is 23.1 Å². The molecule has 2 aromatic carbocycles. The highest BCUT2D eigenvalue weighted by atomic mass is 32.2. The van der Waals surface area contributed by atoms with Crippen LogP contribution in [0.2, 0.25) is 0 Å². The van der Waals surface area contributed by atoms with Crippen molar-refractivity contribution in [2.24, 2.45) is 16.7 Å². The van der Waals surface area contributed by atoms with Crippen LogP contribution in [0.25, 0.3) is 0 Å². The summed E-state index contributed by atoms with van der Waals surface area (Å²) >= 11 is 0. The van der Waals surface area contributed by atoms with Crippen molar-refractivity contribution in [3.63, 3.8) is 0 Å². The number of hydrogen-bond acceptors (Lipinski definition) is 5. The van der Waals surface area contributed by atoms with Gasteiger partial charge in [0.15, 0.2) is 5.60 Å². The maximum Gasteiger partial charge on any atom is 0.284 e. The summed E-state index contributed by atoms with van der Waals surface area (Å²) < 4.78 is 28.7. The van der Waals surface area contributed by atoms with Crippen LogP contribution in [0.4, 0.5) is 0 Å². The number of sulfonamides is 1. The fraction of sp³-hybridized carbons (Fsp3) is 0.429. The molecule has 1 aliphatic heterocycles. The monoisotopic (exact) mass is 508 g/mol. The second kappa shape index (κ2) is 8.02. The van der Waals surface area contributed by atoms with E-state index in [0.717, 1.165) is 17.0 Å². The Morgan fingerprint density at radius 3 is 2.39 bits per heavy atom. The van der Waals surface area contributed by atoms with E-state index in [1.807, 2.05) is 20.8 Å². The van der Waals surface area contributed by atoms with E-state index in [2.05, 4.69) is 6.58 Å². The quantitative estimate of drug-likeness (QED) is 0.597. The number of hydrazine groups is 1. The molecule has 190 valence electrons. The Hall–Kier alpha value is -2.97. The van der Waals surface area contributed by atoms with Gasteiger partial charge in [0.25, 0.3) is 21.8 Å². The van der Waals surface area contributed by atoms with E-state index in [1.165, 1.54) is 18.2 Å². The van der Waals surface area contributed by atoms with Crippen molar-refractivity contribution < 1.29 is 23.1 Å². The topological polar surface area (TPSA) is 95.0 Å². The van der Waals surface area contributed by atoms with Crippen molar-refractivity contribution in [3.8, 4) is 0 Å². The molecule has 1 spiro atoms. The van der Waals surface area contributed by atoms with Crippen LogP contribution in [-0.2, 0) is 25.2 Å². The zero-order valence-corrected chi connectivity index (χ0v) is 21.7. The van der Waals surface area contributed by atoms with Crippen LogP contribution in [0.5, 0.6) is 0 Å². The zero-order chi connectivity index (χ0) is 26.1. The van der Waals surface area contributed by atoms with E-state index < -0.39 is 44.3 Å². The minimum Gasteiger partial charge on any atom is -0.375 e. The molecule has 2 aliphatic carbocycles. The fourth-order valence-electron chi connectivity index (χ4n) is 6.86. The molecule has 0 radical (unpaired) electrons. The third-order valence-electron chi connectivity index (χ3n) is 8.98. The Kier molecular flexibility index (Phi) is 5.50. The molecule has 1 saturated heterocycles. The molecule has 3 fully saturated rings. The van der Waals surface area contributed by atoms with Gasteiger partial charge in [-0.1, -0.05) is 68.0 Å². The van der Waals surface area contributed by atoms with Crippen LogP contribution in [0.3, 0.4) is 0 Å². The average molecular weight is 509 g/mol. The number of fused-ring (bicyclic) bond motifs is 1.